The van der Waals surface area contributed by atoms with E-state index < -0.39 is 0 Å². The standard InChI is InChI=1S/C15H24N2O/c1-3-16-11-13-8-6-10-15(17-13)18-14-9-5-4-7-12(14)2/h6,8,10,12,14,16H,3-5,7,9,11H2,1-2H3. The molecule has 0 spiro atoms. The third-order valence-electron chi connectivity index (χ3n) is 3.64. The van der Waals surface area contributed by atoms with Crippen LogP contribution >= 0.6 is 0 Å². The molecule has 0 aromatic carbocycles. The largest absolute Gasteiger partial charge is 0.474 e. The second kappa shape index (κ2) is 6.74. The lowest BCUT2D eigenvalue weighted by molar-refractivity contribution is 0.0973. The van der Waals surface area contributed by atoms with E-state index in [-0.39, 0.29) is 0 Å². The number of ether oxygens (including phenoxy) is 1. The van der Waals surface area contributed by atoms with Crippen molar-refractivity contribution in [3.63, 3.8) is 0 Å². The van der Waals surface area contributed by atoms with Gasteiger partial charge in [0, 0.05) is 12.6 Å². The monoisotopic (exact) mass is 248 g/mol. The van der Waals surface area contributed by atoms with Crippen molar-refractivity contribution in [2.45, 2.75) is 52.2 Å². The zero-order valence-electron chi connectivity index (χ0n) is 11.5. The average molecular weight is 248 g/mol. The molecule has 2 unspecified atom stereocenters. The summed E-state index contributed by atoms with van der Waals surface area (Å²) < 4.78 is 6.05. The molecule has 1 fully saturated rings. The van der Waals surface area contributed by atoms with Crippen LogP contribution in [0.1, 0.15) is 45.2 Å². The van der Waals surface area contributed by atoms with E-state index in [1.54, 1.807) is 0 Å². The van der Waals surface area contributed by atoms with Gasteiger partial charge in [-0.15, -0.1) is 0 Å². The molecule has 0 saturated heterocycles. The molecule has 1 saturated carbocycles. The first-order valence-corrected chi connectivity index (χ1v) is 7.13. The van der Waals surface area contributed by atoms with Crippen LogP contribution in [-0.2, 0) is 6.54 Å². The summed E-state index contributed by atoms with van der Waals surface area (Å²) in [5.74, 6) is 1.43. The van der Waals surface area contributed by atoms with Gasteiger partial charge in [-0.05, 0) is 37.8 Å². The molecule has 3 heteroatoms. The highest BCUT2D eigenvalue weighted by atomic mass is 16.5. The third-order valence-corrected chi connectivity index (χ3v) is 3.64. The normalized spacial score (nSPS) is 23.9. The van der Waals surface area contributed by atoms with Crippen LogP contribution in [0.4, 0.5) is 0 Å². The van der Waals surface area contributed by atoms with Crippen LogP contribution in [0, 0.1) is 5.92 Å². The Morgan fingerprint density at radius 1 is 1.33 bits per heavy atom. The summed E-state index contributed by atoms with van der Waals surface area (Å²) in [5, 5.41) is 3.29. The number of rotatable bonds is 5. The fraction of sp³-hybridized carbons (Fsp3) is 0.667. The van der Waals surface area contributed by atoms with Crippen molar-refractivity contribution in [1.29, 1.82) is 0 Å². The van der Waals surface area contributed by atoms with Gasteiger partial charge in [-0.1, -0.05) is 26.3 Å². The highest BCUT2D eigenvalue weighted by Gasteiger charge is 2.23. The van der Waals surface area contributed by atoms with Crippen LogP contribution < -0.4 is 10.1 Å². The van der Waals surface area contributed by atoms with Gasteiger partial charge in [0.15, 0.2) is 0 Å². The Kier molecular flexibility index (Phi) is 5.00. The smallest absolute Gasteiger partial charge is 0.213 e. The minimum absolute atomic E-state index is 0.348. The fourth-order valence-electron chi connectivity index (χ4n) is 2.49. The maximum absolute atomic E-state index is 6.05. The van der Waals surface area contributed by atoms with Gasteiger partial charge >= 0.3 is 0 Å². The van der Waals surface area contributed by atoms with E-state index in [1.807, 2.05) is 18.2 Å². The maximum Gasteiger partial charge on any atom is 0.213 e. The molecule has 0 bridgehead atoms. The fourth-order valence-corrected chi connectivity index (χ4v) is 2.49. The first kappa shape index (κ1) is 13.3. The Morgan fingerprint density at radius 2 is 2.17 bits per heavy atom. The molecule has 1 N–H and O–H groups in total. The molecule has 0 amide bonds. The Labute approximate surface area is 110 Å². The molecule has 1 aliphatic carbocycles. The number of pyridine rings is 1. The van der Waals surface area contributed by atoms with Gasteiger partial charge in [0.2, 0.25) is 5.88 Å². The van der Waals surface area contributed by atoms with Gasteiger partial charge in [0.25, 0.3) is 0 Å². The van der Waals surface area contributed by atoms with Gasteiger partial charge in [0.1, 0.15) is 6.10 Å². The molecule has 18 heavy (non-hydrogen) atoms. The number of nitrogens with one attached hydrogen (secondary N) is 1. The van der Waals surface area contributed by atoms with E-state index >= 15 is 0 Å². The van der Waals surface area contributed by atoms with E-state index in [4.69, 9.17) is 4.74 Å². The molecule has 0 radical (unpaired) electrons. The molecular formula is C15H24N2O. The van der Waals surface area contributed by atoms with Crippen molar-refractivity contribution in [3.05, 3.63) is 23.9 Å². The van der Waals surface area contributed by atoms with Gasteiger partial charge < -0.3 is 10.1 Å². The summed E-state index contributed by atoms with van der Waals surface area (Å²) in [5.41, 5.74) is 1.05. The summed E-state index contributed by atoms with van der Waals surface area (Å²) in [6.45, 7) is 6.16. The van der Waals surface area contributed by atoms with Gasteiger partial charge in [0.05, 0.1) is 5.69 Å². The Hall–Kier alpha value is -1.09. The predicted octanol–water partition coefficient (Wildman–Crippen LogP) is 3.15. The highest BCUT2D eigenvalue weighted by Crippen LogP contribution is 2.27. The maximum atomic E-state index is 6.05. The Balaban J connectivity index is 1.95. The molecule has 1 aliphatic rings. The van der Waals surface area contributed by atoms with Crippen molar-refractivity contribution in [2.24, 2.45) is 5.92 Å². The van der Waals surface area contributed by atoms with E-state index in [1.165, 1.54) is 25.7 Å². The quantitative estimate of drug-likeness (QED) is 0.869. The van der Waals surface area contributed by atoms with Crippen LogP contribution in [0.2, 0.25) is 0 Å². The lowest BCUT2D eigenvalue weighted by atomic mass is 9.88. The molecule has 2 rings (SSSR count). The number of nitrogens with zero attached hydrogens (tertiary/aromatic N) is 1. The second-order valence-electron chi connectivity index (χ2n) is 5.17. The molecule has 1 aromatic heterocycles. The molecular weight excluding hydrogens is 224 g/mol. The zero-order chi connectivity index (χ0) is 12.8. The van der Waals surface area contributed by atoms with Crippen molar-refractivity contribution >= 4 is 0 Å². The van der Waals surface area contributed by atoms with Crippen LogP contribution in [0.25, 0.3) is 0 Å². The van der Waals surface area contributed by atoms with Gasteiger partial charge in [-0.2, -0.15) is 0 Å². The molecule has 1 heterocycles. The Morgan fingerprint density at radius 3 is 2.94 bits per heavy atom. The summed E-state index contributed by atoms with van der Waals surface area (Å²) in [6.07, 6.45) is 5.42. The van der Waals surface area contributed by atoms with Crippen LogP contribution in [0.5, 0.6) is 5.88 Å². The SMILES string of the molecule is CCNCc1cccc(OC2CCCCC2C)n1. The average Bonchev–Trinajstić information content (AvgIpc) is 2.40. The molecule has 3 nitrogen and oxygen atoms in total. The minimum Gasteiger partial charge on any atom is -0.474 e. The van der Waals surface area contributed by atoms with Crippen molar-refractivity contribution in [1.82, 2.24) is 10.3 Å². The van der Waals surface area contributed by atoms with Crippen molar-refractivity contribution in [3.8, 4) is 5.88 Å². The number of aromatic nitrogens is 1. The van der Waals surface area contributed by atoms with Crippen LogP contribution in [0.3, 0.4) is 0 Å². The molecule has 1 aromatic rings. The van der Waals surface area contributed by atoms with E-state index in [9.17, 15) is 0 Å². The van der Waals surface area contributed by atoms with E-state index in [2.05, 4.69) is 24.1 Å². The van der Waals surface area contributed by atoms with Gasteiger partial charge in [-0.3, -0.25) is 0 Å². The van der Waals surface area contributed by atoms with E-state index in [0.717, 1.165) is 24.7 Å². The second-order valence-corrected chi connectivity index (χ2v) is 5.17. The van der Waals surface area contributed by atoms with Crippen molar-refractivity contribution in [2.75, 3.05) is 6.54 Å². The topological polar surface area (TPSA) is 34.1 Å². The highest BCUT2D eigenvalue weighted by molar-refractivity contribution is 5.16. The lowest BCUT2D eigenvalue weighted by Crippen LogP contribution is -2.28. The molecule has 100 valence electrons. The van der Waals surface area contributed by atoms with Crippen LogP contribution in [0.15, 0.2) is 18.2 Å². The Bertz CT molecular complexity index is 367. The first-order chi connectivity index (χ1) is 8.79. The first-order valence-electron chi connectivity index (χ1n) is 7.13. The predicted molar refractivity (Wildman–Crippen MR) is 73.7 cm³/mol. The lowest BCUT2D eigenvalue weighted by Gasteiger charge is -2.28. The molecule has 0 aliphatic heterocycles. The molecule has 2 atom stereocenters. The van der Waals surface area contributed by atoms with E-state index in [0.29, 0.717) is 12.0 Å². The summed E-state index contributed by atoms with van der Waals surface area (Å²) in [7, 11) is 0. The zero-order valence-corrected chi connectivity index (χ0v) is 11.5. The number of hydrogen-bond donors (Lipinski definition) is 1. The van der Waals surface area contributed by atoms with Crippen molar-refractivity contribution < 1.29 is 4.74 Å². The van der Waals surface area contributed by atoms with Gasteiger partial charge in [-0.25, -0.2) is 4.98 Å². The summed E-state index contributed by atoms with van der Waals surface area (Å²) in [6, 6.07) is 6.04. The summed E-state index contributed by atoms with van der Waals surface area (Å²) in [4.78, 5) is 4.55. The summed E-state index contributed by atoms with van der Waals surface area (Å²) >= 11 is 0. The third kappa shape index (κ3) is 3.70. The number of hydrogen-bond acceptors (Lipinski definition) is 3. The minimum atomic E-state index is 0.348. The van der Waals surface area contributed by atoms with Crippen LogP contribution in [-0.4, -0.2) is 17.6 Å².